The van der Waals surface area contributed by atoms with E-state index in [1.807, 2.05) is 30.3 Å². The number of hydrogen-bond donors (Lipinski definition) is 1. The summed E-state index contributed by atoms with van der Waals surface area (Å²) in [6, 6.07) is 14.5. The molecule has 0 unspecified atom stereocenters. The standard InChI is InChI=1S/C18H16F3NO/c19-18(20,21)14-8-6-12(7-9-14)15-10-11-22-17(23)16(15)13-4-2-1-3-5-13/h1-9,15-16H,10-11H2,(H,22,23)/t15-,16-/m1/s1. The predicted octanol–water partition coefficient (Wildman–Crippen LogP) is 4.09. The molecule has 2 aromatic carbocycles. The summed E-state index contributed by atoms with van der Waals surface area (Å²) in [5.74, 6) is -0.567. The van der Waals surface area contributed by atoms with Gasteiger partial charge >= 0.3 is 6.18 Å². The largest absolute Gasteiger partial charge is 0.416 e. The van der Waals surface area contributed by atoms with Gasteiger partial charge in [-0.25, -0.2) is 0 Å². The van der Waals surface area contributed by atoms with Crippen LogP contribution < -0.4 is 5.32 Å². The molecule has 1 heterocycles. The number of alkyl halides is 3. The average Bonchev–Trinajstić information content (AvgIpc) is 2.55. The van der Waals surface area contributed by atoms with Crippen molar-refractivity contribution in [1.29, 1.82) is 0 Å². The Kier molecular flexibility index (Phi) is 4.11. The van der Waals surface area contributed by atoms with Crippen LogP contribution in [-0.4, -0.2) is 12.5 Å². The molecular weight excluding hydrogens is 303 g/mol. The minimum atomic E-state index is -4.35. The molecule has 0 saturated carbocycles. The molecule has 1 amide bonds. The van der Waals surface area contributed by atoms with E-state index < -0.39 is 11.7 Å². The summed E-state index contributed by atoms with van der Waals surface area (Å²) in [6.07, 6.45) is -3.64. The van der Waals surface area contributed by atoms with Crippen LogP contribution in [0.25, 0.3) is 0 Å². The van der Waals surface area contributed by atoms with Crippen molar-refractivity contribution < 1.29 is 18.0 Å². The van der Waals surface area contributed by atoms with E-state index in [4.69, 9.17) is 0 Å². The lowest BCUT2D eigenvalue weighted by molar-refractivity contribution is -0.137. The van der Waals surface area contributed by atoms with E-state index in [2.05, 4.69) is 5.32 Å². The number of hydrogen-bond acceptors (Lipinski definition) is 1. The summed E-state index contributed by atoms with van der Waals surface area (Å²) < 4.78 is 38.1. The number of carbonyl (C=O) groups is 1. The number of carbonyl (C=O) groups excluding carboxylic acids is 1. The first-order valence-corrected chi connectivity index (χ1v) is 7.46. The summed E-state index contributed by atoms with van der Waals surface area (Å²) in [7, 11) is 0. The van der Waals surface area contributed by atoms with Gasteiger partial charge in [0.05, 0.1) is 11.5 Å². The van der Waals surface area contributed by atoms with Crippen molar-refractivity contribution >= 4 is 5.91 Å². The lowest BCUT2D eigenvalue weighted by Gasteiger charge is -2.32. The van der Waals surface area contributed by atoms with E-state index in [1.54, 1.807) is 0 Å². The molecular formula is C18H16F3NO. The topological polar surface area (TPSA) is 29.1 Å². The highest BCUT2D eigenvalue weighted by Gasteiger charge is 2.35. The summed E-state index contributed by atoms with van der Waals surface area (Å²) >= 11 is 0. The molecule has 0 aliphatic carbocycles. The van der Waals surface area contributed by atoms with Gasteiger partial charge in [0.2, 0.25) is 5.91 Å². The Morgan fingerprint density at radius 1 is 0.913 bits per heavy atom. The number of halogens is 3. The first kappa shape index (κ1) is 15.6. The fourth-order valence-electron chi connectivity index (χ4n) is 3.13. The van der Waals surface area contributed by atoms with Crippen molar-refractivity contribution in [3.05, 3.63) is 71.3 Å². The van der Waals surface area contributed by atoms with E-state index in [-0.39, 0.29) is 17.7 Å². The van der Waals surface area contributed by atoms with Crippen molar-refractivity contribution in [2.45, 2.75) is 24.4 Å². The molecule has 23 heavy (non-hydrogen) atoms. The highest BCUT2D eigenvalue weighted by atomic mass is 19.4. The molecule has 0 bridgehead atoms. The van der Waals surface area contributed by atoms with Crippen LogP contribution in [0.15, 0.2) is 54.6 Å². The van der Waals surface area contributed by atoms with Crippen molar-refractivity contribution in [2.24, 2.45) is 0 Å². The van der Waals surface area contributed by atoms with Crippen molar-refractivity contribution in [1.82, 2.24) is 5.32 Å². The number of piperidine rings is 1. The number of nitrogens with one attached hydrogen (secondary N) is 1. The molecule has 1 saturated heterocycles. The molecule has 5 heteroatoms. The Hall–Kier alpha value is -2.30. The van der Waals surface area contributed by atoms with Crippen molar-refractivity contribution in [3.8, 4) is 0 Å². The lowest BCUT2D eigenvalue weighted by atomic mass is 9.77. The number of benzene rings is 2. The van der Waals surface area contributed by atoms with E-state index in [9.17, 15) is 18.0 Å². The van der Waals surface area contributed by atoms with Gasteiger partial charge in [0.15, 0.2) is 0 Å². The van der Waals surface area contributed by atoms with E-state index >= 15 is 0 Å². The van der Waals surface area contributed by atoms with Crippen LogP contribution in [0.4, 0.5) is 13.2 Å². The molecule has 120 valence electrons. The zero-order chi connectivity index (χ0) is 16.4. The molecule has 0 radical (unpaired) electrons. The average molecular weight is 319 g/mol. The third-order valence-electron chi connectivity index (χ3n) is 4.26. The minimum Gasteiger partial charge on any atom is -0.356 e. The maximum absolute atomic E-state index is 12.7. The third kappa shape index (κ3) is 3.23. The SMILES string of the molecule is O=C1NCC[C@H](c2ccc(C(F)(F)F)cc2)[C@H]1c1ccccc1. The second-order valence-electron chi connectivity index (χ2n) is 5.69. The molecule has 2 atom stereocenters. The van der Waals surface area contributed by atoms with Crippen LogP contribution >= 0.6 is 0 Å². The quantitative estimate of drug-likeness (QED) is 0.887. The molecule has 1 aliphatic rings. The zero-order valence-corrected chi connectivity index (χ0v) is 12.3. The number of amides is 1. The Bertz CT molecular complexity index is 680. The fourth-order valence-corrected chi connectivity index (χ4v) is 3.13. The summed E-state index contributed by atoms with van der Waals surface area (Å²) in [5, 5.41) is 2.85. The molecule has 1 N–H and O–H groups in total. The second kappa shape index (κ2) is 6.07. The third-order valence-corrected chi connectivity index (χ3v) is 4.26. The summed E-state index contributed by atoms with van der Waals surface area (Å²) in [4.78, 5) is 12.3. The summed E-state index contributed by atoms with van der Waals surface area (Å²) in [6.45, 7) is 0.536. The minimum absolute atomic E-state index is 0.0765. The second-order valence-corrected chi connectivity index (χ2v) is 5.69. The van der Waals surface area contributed by atoms with Crippen LogP contribution in [-0.2, 0) is 11.0 Å². The lowest BCUT2D eigenvalue weighted by Crippen LogP contribution is -2.39. The van der Waals surface area contributed by atoms with Gasteiger partial charge in [-0.2, -0.15) is 13.2 Å². The fraction of sp³-hybridized carbons (Fsp3) is 0.278. The van der Waals surface area contributed by atoms with E-state index in [0.29, 0.717) is 13.0 Å². The normalized spacial score (nSPS) is 21.8. The first-order valence-electron chi connectivity index (χ1n) is 7.46. The Labute approximate surface area is 132 Å². The molecule has 3 rings (SSSR count). The predicted molar refractivity (Wildman–Crippen MR) is 81.0 cm³/mol. The summed E-state index contributed by atoms with van der Waals surface area (Å²) in [5.41, 5.74) is 0.981. The van der Waals surface area contributed by atoms with Crippen molar-refractivity contribution in [3.63, 3.8) is 0 Å². The van der Waals surface area contributed by atoms with Crippen LogP contribution in [0, 0.1) is 0 Å². The zero-order valence-electron chi connectivity index (χ0n) is 12.3. The molecule has 2 nitrogen and oxygen atoms in total. The molecule has 1 aliphatic heterocycles. The maximum Gasteiger partial charge on any atom is 0.416 e. The van der Waals surface area contributed by atoms with Crippen LogP contribution in [0.1, 0.15) is 34.9 Å². The van der Waals surface area contributed by atoms with E-state index in [0.717, 1.165) is 23.3 Å². The van der Waals surface area contributed by atoms with Gasteiger partial charge in [0, 0.05) is 12.5 Å². The van der Waals surface area contributed by atoms with E-state index in [1.165, 1.54) is 12.1 Å². The van der Waals surface area contributed by atoms with Gasteiger partial charge in [-0.3, -0.25) is 4.79 Å². The van der Waals surface area contributed by atoms with Crippen molar-refractivity contribution in [2.75, 3.05) is 6.54 Å². The van der Waals surface area contributed by atoms with Gasteiger partial charge in [-0.05, 0) is 29.7 Å². The molecule has 2 aromatic rings. The van der Waals surface area contributed by atoms with Gasteiger partial charge in [0.1, 0.15) is 0 Å². The molecule has 0 aromatic heterocycles. The van der Waals surface area contributed by atoms with Crippen LogP contribution in [0.2, 0.25) is 0 Å². The van der Waals surface area contributed by atoms with Gasteiger partial charge in [0.25, 0.3) is 0 Å². The first-order chi connectivity index (χ1) is 11.0. The van der Waals surface area contributed by atoms with Crippen LogP contribution in [0.5, 0.6) is 0 Å². The smallest absolute Gasteiger partial charge is 0.356 e. The van der Waals surface area contributed by atoms with Gasteiger partial charge in [-0.1, -0.05) is 42.5 Å². The Morgan fingerprint density at radius 2 is 1.57 bits per heavy atom. The maximum atomic E-state index is 12.7. The van der Waals surface area contributed by atoms with Crippen LogP contribution in [0.3, 0.4) is 0 Å². The highest BCUT2D eigenvalue weighted by molar-refractivity contribution is 5.85. The van der Waals surface area contributed by atoms with Gasteiger partial charge in [-0.15, -0.1) is 0 Å². The van der Waals surface area contributed by atoms with Gasteiger partial charge < -0.3 is 5.32 Å². The number of rotatable bonds is 2. The molecule has 0 spiro atoms. The molecule has 1 fully saturated rings. The monoisotopic (exact) mass is 319 g/mol. The Morgan fingerprint density at radius 3 is 2.17 bits per heavy atom. The Balaban J connectivity index is 1.94. The highest BCUT2D eigenvalue weighted by Crippen LogP contribution is 2.39.